The first-order valence-corrected chi connectivity index (χ1v) is 7.29. The highest BCUT2D eigenvalue weighted by atomic mass is 19.1. The molecule has 1 aliphatic heterocycles. The molecule has 0 radical (unpaired) electrons. The number of carbonyl (C=O) groups is 3. The maximum Gasteiger partial charge on any atom is 0.321 e. The summed E-state index contributed by atoms with van der Waals surface area (Å²) in [6.45, 7) is 4.95. The summed E-state index contributed by atoms with van der Waals surface area (Å²) in [4.78, 5) is 36.6. The Morgan fingerprint density at radius 2 is 1.83 bits per heavy atom. The standard InChI is InChI=1S/C17H19FO5/c1-9(14(19)10-5-7-11(18)8-6-10)13-12(15(20)22-4)16(21)23-17(13,2)3/h5-9,12-13H,1-4H3/t9-,12+,13-/m1/s1. The fourth-order valence-electron chi connectivity index (χ4n) is 3.24. The monoisotopic (exact) mass is 322 g/mol. The number of ketones is 1. The van der Waals surface area contributed by atoms with Crippen LogP contribution in [0, 0.1) is 23.6 Å². The Labute approximate surface area is 133 Å². The van der Waals surface area contributed by atoms with E-state index in [1.165, 1.54) is 31.4 Å². The van der Waals surface area contributed by atoms with E-state index < -0.39 is 41.1 Å². The second kappa shape index (κ2) is 6.10. The number of methoxy groups -OCH3 is 1. The van der Waals surface area contributed by atoms with Gasteiger partial charge in [0.15, 0.2) is 11.7 Å². The third-order valence-electron chi connectivity index (χ3n) is 4.32. The lowest BCUT2D eigenvalue weighted by molar-refractivity contribution is -0.156. The quantitative estimate of drug-likeness (QED) is 0.483. The van der Waals surface area contributed by atoms with Crippen molar-refractivity contribution in [2.45, 2.75) is 26.4 Å². The van der Waals surface area contributed by atoms with E-state index in [0.29, 0.717) is 5.56 Å². The van der Waals surface area contributed by atoms with Gasteiger partial charge in [-0.05, 0) is 38.1 Å². The molecule has 2 rings (SSSR count). The normalized spacial score (nSPS) is 24.0. The van der Waals surface area contributed by atoms with Crippen molar-refractivity contribution in [3.63, 3.8) is 0 Å². The summed E-state index contributed by atoms with van der Waals surface area (Å²) in [5, 5.41) is 0. The van der Waals surface area contributed by atoms with Crippen molar-refractivity contribution in [2.75, 3.05) is 7.11 Å². The molecule has 1 saturated heterocycles. The molecule has 1 heterocycles. The number of Topliss-reactive ketones (excluding diaryl/α,β-unsaturated/α-hetero) is 1. The lowest BCUT2D eigenvalue weighted by Gasteiger charge is -2.30. The maximum atomic E-state index is 13.0. The average molecular weight is 322 g/mol. The number of ether oxygens (including phenoxy) is 2. The van der Waals surface area contributed by atoms with Gasteiger partial charge in [-0.1, -0.05) is 6.92 Å². The summed E-state index contributed by atoms with van der Waals surface area (Å²) in [5.74, 6) is -4.62. The van der Waals surface area contributed by atoms with E-state index >= 15 is 0 Å². The fraction of sp³-hybridized carbons (Fsp3) is 0.471. The van der Waals surface area contributed by atoms with E-state index in [1.807, 2.05) is 0 Å². The molecular weight excluding hydrogens is 303 g/mol. The highest BCUT2D eigenvalue weighted by Gasteiger charge is 2.57. The van der Waals surface area contributed by atoms with Crippen LogP contribution in [0.25, 0.3) is 0 Å². The Bertz CT molecular complexity index is 635. The second-order valence-electron chi connectivity index (χ2n) is 6.21. The van der Waals surface area contributed by atoms with E-state index in [-0.39, 0.29) is 5.78 Å². The highest BCUT2D eigenvalue weighted by Crippen LogP contribution is 2.43. The summed E-state index contributed by atoms with van der Waals surface area (Å²) in [6.07, 6.45) is 0. The van der Waals surface area contributed by atoms with Gasteiger partial charge in [0.1, 0.15) is 11.4 Å². The summed E-state index contributed by atoms with van der Waals surface area (Å²) >= 11 is 0. The molecule has 1 aromatic carbocycles. The Balaban J connectivity index is 2.35. The van der Waals surface area contributed by atoms with Crippen LogP contribution >= 0.6 is 0 Å². The maximum absolute atomic E-state index is 13.0. The van der Waals surface area contributed by atoms with Gasteiger partial charge >= 0.3 is 11.9 Å². The van der Waals surface area contributed by atoms with E-state index in [0.717, 1.165) is 0 Å². The summed E-state index contributed by atoms with van der Waals surface area (Å²) in [6, 6.07) is 5.15. The van der Waals surface area contributed by atoms with Crippen LogP contribution < -0.4 is 0 Å². The van der Waals surface area contributed by atoms with E-state index in [9.17, 15) is 18.8 Å². The Hall–Kier alpha value is -2.24. The zero-order valence-electron chi connectivity index (χ0n) is 13.5. The molecule has 6 heteroatoms. The molecule has 0 N–H and O–H groups in total. The molecule has 0 saturated carbocycles. The van der Waals surface area contributed by atoms with Crippen LogP contribution in [0.2, 0.25) is 0 Å². The van der Waals surface area contributed by atoms with Crippen molar-refractivity contribution in [1.82, 2.24) is 0 Å². The van der Waals surface area contributed by atoms with Gasteiger partial charge in [0.25, 0.3) is 0 Å². The molecule has 0 aliphatic carbocycles. The zero-order valence-corrected chi connectivity index (χ0v) is 13.5. The topological polar surface area (TPSA) is 69.7 Å². The van der Waals surface area contributed by atoms with Crippen molar-refractivity contribution < 1.29 is 28.2 Å². The van der Waals surface area contributed by atoms with Gasteiger partial charge in [-0.2, -0.15) is 0 Å². The van der Waals surface area contributed by atoms with Crippen molar-refractivity contribution in [1.29, 1.82) is 0 Å². The van der Waals surface area contributed by atoms with Crippen molar-refractivity contribution >= 4 is 17.7 Å². The number of cyclic esters (lactones) is 1. The van der Waals surface area contributed by atoms with Crippen LogP contribution in [0.5, 0.6) is 0 Å². The second-order valence-corrected chi connectivity index (χ2v) is 6.21. The van der Waals surface area contributed by atoms with Crippen molar-refractivity contribution in [2.24, 2.45) is 17.8 Å². The summed E-state index contributed by atoms with van der Waals surface area (Å²) < 4.78 is 23.0. The Morgan fingerprint density at radius 3 is 2.35 bits per heavy atom. The largest absolute Gasteiger partial charge is 0.468 e. The smallest absolute Gasteiger partial charge is 0.321 e. The molecule has 124 valence electrons. The number of halogens is 1. The number of carbonyl (C=O) groups excluding carboxylic acids is 3. The summed E-state index contributed by atoms with van der Waals surface area (Å²) in [5.41, 5.74) is -0.664. The molecule has 0 aromatic heterocycles. The van der Waals surface area contributed by atoms with Crippen LogP contribution in [-0.2, 0) is 19.1 Å². The molecule has 23 heavy (non-hydrogen) atoms. The molecule has 1 aromatic rings. The van der Waals surface area contributed by atoms with Crippen LogP contribution in [0.1, 0.15) is 31.1 Å². The lowest BCUT2D eigenvalue weighted by atomic mass is 9.72. The lowest BCUT2D eigenvalue weighted by Crippen LogP contribution is -2.41. The number of hydrogen-bond donors (Lipinski definition) is 0. The van der Waals surface area contributed by atoms with Gasteiger partial charge in [0.05, 0.1) is 7.11 Å². The molecule has 0 bridgehead atoms. The zero-order chi connectivity index (χ0) is 17.4. The third kappa shape index (κ3) is 3.11. The van der Waals surface area contributed by atoms with Gasteiger partial charge < -0.3 is 9.47 Å². The van der Waals surface area contributed by atoms with Crippen molar-refractivity contribution in [3.8, 4) is 0 Å². The molecule has 1 fully saturated rings. The average Bonchev–Trinajstić information content (AvgIpc) is 2.74. The van der Waals surface area contributed by atoms with Gasteiger partial charge in [-0.25, -0.2) is 4.39 Å². The van der Waals surface area contributed by atoms with Gasteiger partial charge in [-0.15, -0.1) is 0 Å². The van der Waals surface area contributed by atoms with E-state index in [4.69, 9.17) is 4.74 Å². The molecule has 1 aliphatic rings. The number of hydrogen-bond acceptors (Lipinski definition) is 5. The Kier molecular flexibility index (Phi) is 4.54. The van der Waals surface area contributed by atoms with Crippen molar-refractivity contribution in [3.05, 3.63) is 35.6 Å². The molecular formula is C17H19FO5. The first kappa shape index (κ1) is 17.1. The minimum atomic E-state index is -1.14. The Morgan fingerprint density at radius 1 is 1.26 bits per heavy atom. The van der Waals surface area contributed by atoms with Crippen LogP contribution in [0.15, 0.2) is 24.3 Å². The predicted octanol–water partition coefficient (Wildman–Crippen LogP) is 2.39. The van der Waals surface area contributed by atoms with Crippen LogP contribution in [0.3, 0.4) is 0 Å². The molecule has 5 nitrogen and oxygen atoms in total. The molecule has 0 amide bonds. The summed E-state index contributed by atoms with van der Waals surface area (Å²) in [7, 11) is 1.18. The van der Waals surface area contributed by atoms with E-state index in [2.05, 4.69) is 4.74 Å². The van der Waals surface area contributed by atoms with Crippen LogP contribution in [0.4, 0.5) is 4.39 Å². The SMILES string of the molecule is COC(=O)[C@H]1C(=O)OC(C)(C)[C@@H]1[C@@H](C)C(=O)c1ccc(F)cc1. The van der Waals surface area contributed by atoms with E-state index in [1.54, 1.807) is 20.8 Å². The highest BCUT2D eigenvalue weighted by molar-refractivity contribution is 6.01. The van der Waals surface area contributed by atoms with Gasteiger partial charge in [0, 0.05) is 17.4 Å². The predicted molar refractivity (Wildman–Crippen MR) is 79.1 cm³/mol. The number of esters is 2. The number of rotatable bonds is 4. The first-order valence-electron chi connectivity index (χ1n) is 7.29. The minimum Gasteiger partial charge on any atom is -0.468 e. The first-order chi connectivity index (χ1) is 10.7. The van der Waals surface area contributed by atoms with Crippen LogP contribution in [-0.4, -0.2) is 30.4 Å². The van der Waals surface area contributed by atoms with Gasteiger partial charge in [0.2, 0.25) is 0 Å². The minimum absolute atomic E-state index is 0.282. The van der Waals surface area contributed by atoms with Gasteiger partial charge in [-0.3, -0.25) is 14.4 Å². The third-order valence-corrected chi connectivity index (χ3v) is 4.32. The molecule has 0 unspecified atom stereocenters. The molecule has 0 spiro atoms. The number of benzene rings is 1. The molecule has 3 atom stereocenters. The fourth-order valence-corrected chi connectivity index (χ4v) is 3.24.